The number of carbonyl (C=O) groups excluding carboxylic acids is 2. The molecule has 5 aromatic carbocycles. The fourth-order valence-corrected chi connectivity index (χ4v) is 7.70. The number of amides is 1. The Bertz CT molecular complexity index is 2030. The summed E-state index contributed by atoms with van der Waals surface area (Å²) in [6.07, 6.45) is 0.00134. The number of hydrogen-bond acceptors (Lipinski definition) is 7. The second kappa shape index (κ2) is 16.8. The molecule has 3 N–H and O–H groups in total. The first-order chi connectivity index (χ1) is 26.2. The number of halogens is 1. The molecule has 0 aliphatic carbocycles. The molecule has 5 aromatic rings. The van der Waals surface area contributed by atoms with E-state index in [0.717, 1.165) is 33.4 Å². The third kappa shape index (κ3) is 8.82. The van der Waals surface area contributed by atoms with Gasteiger partial charge in [-0.05, 0) is 71.8 Å². The monoisotopic (exact) mass is 744 g/mol. The van der Waals surface area contributed by atoms with Gasteiger partial charge in [-0.3, -0.25) is 9.59 Å². The quantitative estimate of drug-likeness (QED) is 0.117. The van der Waals surface area contributed by atoms with Crippen LogP contribution in [0.5, 0.6) is 0 Å². The molecular weight excluding hydrogens is 700 g/mol. The van der Waals surface area contributed by atoms with Gasteiger partial charge in [-0.2, -0.15) is 0 Å². The van der Waals surface area contributed by atoms with E-state index in [2.05, 4.69) is 22.3 Å². The molecule has 1 amide bonds. The zero-order chi connectivity index (χ0) is 37.7. The summed E-state index contributed by atoms with van der Waals surface area (Å²) in [7, 11) is 0. The number of hydrogen-bond donors (Lipinski definition) is 3. The predicted octanol–water partition coefficient (Wildman–Crippen LogP) is 8.14. The summed E-state index contributed by atoms with van der Waals surface area (Å²) in [5, 5.41) is 24.9. The van der Waals surface area contributed by atoms with Gasteiger partial charge in [0.15, 0.2) is 12.1 Å². The molecule has 2 saturated heterocycles. The minimum Gasteiger partial charge on any atom is -0.392 e. The average molecular weight is 745 g/mol. The minimum absolute atomic E-state index is 0.0468. The third-order valence-electron chi connectivity index (χ3n) is 10.6. The topological polar surface area (TPSA) is 108 Å². The number of nitrogens with one attached hydrogen (secondary N) is 1. The van der Waals surface area contributed by atoms with Gasteiger partial charge < -0.3 is 29.9 Å². The SMILES string of the molecule is CC(=O)c1cccc(NC(=O)Cc2ccc(C3OC(CN4CCC(O)(c5ccc(Cl)cc5)CC4)C(c4ccccc4)C(c4ccc(CO)cc4)O3)cc2)c1. The van der Waals surface area contributed by atoms with E-state index in [1.54, 1.807) is 24.3 Å². The highest BCUT2D eigenvalue weighted by atomic mass is 35.5. The molecule has 0 saturated carbocycles. The Balaban J connectivity index is 1.13. The molecule has 2 heterocycles. The van der Waals surface area contributed by atoms with E-state index in [-0.39, 0.29) is 42.8 Å². The van der Waals surface area contributed by atoms with Gasteiger partial charge in [0.2, 0.25) is 5.91 Å². The first kappa shape index (κ1) is 37.6. The number of benzene rings is 5. The van der Waals surface area contributed by atoms with Gasteiger partial charge >= 0.3 is 0 Å². The van der Waals surface area contributed by atoms with Gasteiger partial charge in [-0.15, -0.1) is 0 Å². The van der Waals surface area contributed by atoms with Crippen molar-refractivity contribution >= 4 is 29.0 Å². The zero-order valence-electron chi connectivity index (χ0n) is 30.2. The Kier molecular flexibility index (Phi) is 11.7. The molecule has 2 aliphatic rings. The van der Waals surface area contributed by atoms with Crippen molar-refractivity contribution in [3.05, 3.63) is 171 Å². The lowest BCUT2D eigenvalue weighted by Crippen LogP contribution is -2.49. The molecule has 278 valence electrons. The molecule has 9 heteroatoms. The number of ketones is 1. The molecule has 2 aliphatic heterocycles. The van der Waals surface area contributed by atoms with Crippen LogP contribution in [-0.2, 0) is 32.9 Å². The van der Waals surface area contributed by atoms with Gasteiger partial charge in [-0.25, -0.2) is 0 Å². The Hall–Kier alpha value is -4.67. The summed E-state index contributed by atoms with van der Waals surface area (Å²) in [6, 6.07) is 40.3. The van der Waals surface area contributed by atoms with Gasteiger partial charge in [0, 0.05) is 47.4 Å². The second-order valence-corrected chi connectivity index (χ2v) is 14.8. The number of aliphatic hydroxyl groups is 2. The lowest BCUT2D eigenvalue weighted by Gasteiger charge is -2.46. The molecule has 4 atom stereocenters. The van der Waals surface area contributed by atoms with E-state index in [4.69, 9.17) is 21.1 Å². The van der Waals surface area contributed by atoms with Crippen LogP contribution in [0.1, 0.15) is 81.8 Å². The maximum atomic E-state index is 12.9. The van der Waals surface area contributed by atoms with Crippen LogP contribution in [0, 0.1) is 0 Å². The predicted molar refractivity (Wildman–Crippen MR) is 209 cm³/mol. The summed E-state index contributed by atoms with van der Waals surface area (Å²) >= 11 is 6.14. The number of likely N-dealkylation sites (tertiary alicyclic amines) is 1. The van der Waals surface area contributed by atoms with Crippen LogP contribution >= 0.6 is 11.6 Å². The van der Waals surface area contributed by atoms with E-state index in [1.165, 1.54) is 6.92 Å². The van der Waals surface area contributed by atoms with Crippen molar-refractivity contribution in [3.63, 3.8) is 0 Å². The highest BCUT2D eigenvalue weighted by Gasteiger charge is 2.44. The van der Waals surface area contributed by atoms with Gasteiger partial charge in [-0.1, -0.05) is 115 Å². The van der Waals surface area contributed by atoms with E-state index in [0.29, 0.717) is 48.7 Å². The summed E-state index contributed by atoms with van der Waals surface area (Å²) in [4.78, 5) is 27.1. The molecule has 0 aromatic heterocycles. The van der Waals surface area contributed by atoms with Gasteiger partial charge in [0.05, 0.1) is 30.8 Å². The molecule has 54 heavy (non-hydrogen) atoms. The number of ether oxygens (including phenoxy) is 2. The number of anilines is 1. The number of nitrogens with zero attached hydrogens (tertiary/aromatic N) is 1. The Morgan fingerprint density at radius 1 is 0.796 bits per heavy atom. The Labute approximate surface area is 321 Å². The van der Waals surface area contributed by atoms with Crippen molar-refractivity contribution in [2.45, 2.75) is 62.8 Å². The number of carbonyl (C=O) groups is 2. The molecule has 0 radical (unpaired) electrons. The van der Waals surface area contributed by atoms with Crippen molar-refractivity contribution < 1.29 is 29.3 Å². The van der Waals surface area contributed by atoms with Crippen molar-refractivity contribution in [2.24, 2.45) is 0 Å². The zero-order valence-corrected chi connectivity index (χ0v) is 31.0. The molecule has 2 fully saturated rings. The van der Waals surface area contributed by atoms with Crippen LogP contribution in [-0.4, -0.2) is 52.5 Å². The minimum atomic E-state index is -0.923. The lowest BCUT2D eigenvalue weighted by molar-refractivity contribution is -0.264. The standard InChI is InChI=1S/C45H45ClN2O6/c1-30(50)36-8-5-9-39(27-36)47-41(51)26-31-10-16-35(17-11-31)44-53-40(28-48-24-22-45(52,23-25-48)37-18-20-38(46)21-19-37)42(33-6-3-2-4-7-33)43(54-44)34-14-12-32(29-49)13-15-34/h2-21,27,40,42-44,49,52H,22-26,28-29H2,1H3,(H,47,51). The van der Waals surface area contributed by atoms with Crippen molar-refractivity contribution in [1.29, 1.82) is 0 Å². The van der Waals surface area contributed by atoms with Crippen LogP contribution in [0.3, 0.4) is 0 Å². The smallest absolute Gasteiger partial charge is 0.228 e. The summed E-state index contributed by atoms with van der Waals surface area (Å²) in [5.74, 6) is -0.396. The number of rotatable bonds is 11. The first-order valence-corrected chi connectivity index (χ1v) is 18.8. The molecule has 0 bridgehead atoms. The van der Waals surface area contributed by atoms with Gasteiger partial charge in [0.1, 0.15) is 0 Å². The number of Topliss-reactive ketones (excluding diaryl/α,β-unsaturated/α-hetero) is 1. The van der Waals surface area contributed by atoms with E-state index in [1.807, 2.05) is 91.0 Å². The first-order valence-electron chi connectivity index (χ1n) is 18.4. The van der Waals surface area contributed by atoms with E-state index < -0.39 is 11.9 Å². The van der Waals surface area contributed by atoms with Gasteiger partial charge in [0.25, 0.3) is 0 Å². The summed E-state index contributed by atoms with van der Waals surface area (Å²) in [6.45, 7) is 3.47. The van der Waals surface area contributed by atoms with Crippen molar-refractivity contribution in [1.82, 2.24) is 4.90 Å². The highest BCUT2D eigenvalue weighted by molar-refractivity contribution is 6.30. The Morgan fingerprint density at radius 3 is 2.13 bits per heavy atom. The molecule has 4 unspecified atom stereocenters. The third-order valence-corrected chi connectivity index (χ3v) is 10.9. The van der Waals surface area contributed by atoms with Crippen LogP contribution < -0.4 is 5.32 Å². The van der Waals surface area contributed by atoms with Crippen LogP contribution in [0.25, 0.3) is 0 Å². The van der Waals surface area contributed by atoms with Crippen LogP contribution in [0.4, 0.5) is 5.69 Å². The summed E-state index contributed by atoms with van der Waals surface area (Å²) in [5.41, 5.74) is 5.64. The van der Waals surface area contributed by atoms with E-state index >= 15 is 0 Å². The molecule has 8 nitrogen and oxygen atoms in total. The molecule has 7 rings (SSSR count). The molecular formula is C45H45ClN2O6. The maximum absolute atomic E-state index is 12.9. The van der Waals surface area contributed by atoms with Crippen molar-refractivity contribution in [3.8, 4) is 0 Å². The van der Waals surface area contributed by atoms with Crippen molar-refractivity contribution in [2.75, 3.05) is 25.0 Å². The lowest BCUT2D eigenvalue weighted by atomic mass is 9.81. The van der Waals surface area contributed by atoms with Crippen LogP contribution in [0.15, 0.2) is 127 Å². The largest absolute Gasteiger partial charge is 0.392 e. The number of aliphatic hydroxyl groups excluding tert-OH is 1. The Morgan fingerprint density at radius 2 is 1.46 bits per heavy atom. The summed E-state index contributed by atoms with van der Waals surface area (Å²) < 4.78 is 13.8. The normalized spacial score (nSPS) is 21.3. The average Bonchev–Trinajstić information content (AvgIpc) is 3.19. The maximum Gasteiger partial charge on any atom is 0.228 e. The number of piperidine rings is 1. The highest BCUT2D eigenvalue weighted by Crippen LogP contribution is 2.47. The molecule has 0 spiro atoms. The fraction of sp³-hybridized carbons (Fsp3) is 0.289. The fourth-order valence-electron chi connectivity index (χ4n) is 7.57. The van der Waals surface area contributed by atoms with E-state index in [9.17, 15) is 19.8 Å². The second-order valence-electron chi connectivity index (χ2n) is 14.3. The van der Waals surface area contributed by atoms with Crippen LogP contribution in [0.2, 0.25) is 5.02 Å².